The molecule has 0 amide bonds. The molecule has 3 atom stereocenters. The van der Waals surface area contributed by atoms with Crippen molar-refractivity contribution in [3.8, 4) is 0 Å². The highest BCUT2D eigenvalue weighted by molar-refractivity contribution is 8.00. The van der Waals surface area contributed by atoms with Crippen LogP contribution < -0.4 is 5.32 Å². The number of nitrogens with one attached hydrogen (secondary N) is 1. The first-order valence-electron chi connectivity index (χ1n) is 5.89. The maximum Gasteiger partial charge on any atom is 0.0235 e. The van der Waals surface area contributed by atoms with Crippen LogP contribution in [0.4, 0.5) is 0 Å². The zero-order valence-corrected chi connectivity index (χ0v) is 10.1. The SMILES string of the molecule is CCN(C1CCNC1)C1CSC(C)C1. The van der Waals surface area contributed by atoms with Gasteiger partial charge < -0.3 is 5.32 Å². The van der Waals surface area contributed by atoms with E-state index in [1.54, 1.807) is 0 Å². The Labute approximate surface area is 91.8 Å². The van der Waals surface area contributed by atoms with Crippen molar-refractivity contribution in [2.24, 2.45) is 0 Å². The van der Waals surface area contributed by atoms with Gasteiger partial charge in [-0.3, -0.25) is 4.90 Å². The highest BCUT2D eigenvalue weighted by atomic mass is 32.2. The van der Waals surface area contributed by atoms with E-state index < -0.39 is 0 Å². The van der Waals surface area contributed by atoms with Gasteiger partial charge in [-0.05, 0) is 25.9 Å². The number of hydrogen-bond donors (Lipinski definition) is 1. The first kappa shape index (κ1) is 10.8. The molecule has 2 aliphatic heterocycles. The van der Waals surface area contributed by atoms with Gasteiger partial charge in [-0.1, -0.05) is 13.8 Å². The molecule has 0 aromatic heterocycles. The molecule has 2 rings (SSSR count). The Morgan fingerprint density at radius 3 is 2.79 bits per heavy atom. The summed E-state index contributed by atoms with van der Waals surface area (Å²) in [6, 6.07) is 1.67. The minimum atomic E-state index is 0.816. The van der Waals surface area contributed by atoms with Crippen LogP contribution in [0.1, 0.15) is 26.7 Å². The molecule has 2 aliphatic rings. The molecule has 0 aromatic carbocycles. The first-order valence-corrected chi connectivity index (χ1v) is 6.94. The molecule has 14 heavy (non-hydrogen) atoms. The summed E-state index contributed by atoms with van der Waals surface area (Å²) in [7, 11) is 0. The van der Waals surface area contributed by atoms with Gasteiger partial charge in [0.1, 0.15) is 0 Å². The van der Waals surface area contributed by atoms with E-state index in [1.807, 2.05) is 0 Å². The Balaban J connectivity index is 1.91. The predicted octanol–water partition coefficient (Wildman–Crippen LogP) is 1.56. The Kier molecular flexibility index (Phi) is 3.74. The Morgan fingerprint density at radius 2 is 2.29 bits per heavy atom. The van der Waals surface area contributed by atoms with Gasteiger partial charge >= 0.3 is 0 Å². The molecule has 2 fully saturated rings. The van der Waals surface area contributed by atoms with Crippen molar-refractivity contribution < 1.29 is 0 Å². The maximum absolute atomic E-state index is 3.47. The van der Waals surface area contributed by atoms with Gasteiger partial charge in [0.05, 0.1) is 0 Å². The lowest BCUT2D eigenvalue weighted by atomic mass is 10.1. The third-order valence-electron chi connectivity index (χ3n) is 3.51. The van der Waals surface area contributed by atoms with Gasteiger partial charge in [0.15, 0.2) is 0 Å². The Hall–Kier alpha value is 0.270. The lowest BCUT2D eigenvalue weighted by Gasteiger charge is -2.32. The molecule has 0 bridgehead atoms. The average molecular weight is 214 g/mol. The highest BCUT2D eigenvalue weighted by Gasteiger charge is 2.31. The predicted molar refractivity (Wildman–Crippen MR) is 64.0 cm³/mol. The normalized spacial score (nSPS) is 38.4. The van der Waals surface area contributed by atoms with Gasteiger partial charge in [-0.15, -0.1) is 0 Å². The van der Waals surface area contributed by atoms with E-state index in [-0.39, 0.29) is 0 Å². The van der Waals surface area contributed by atoms with Crippen molar-refractivity contribution >= 4 is 11.8 Å². The molecular formula is C11H22N2S. The zero-order chi connectivity index (χ0) is 9.97. The fourth-order valence-corrected chi connectivity index (χ4v) is 4.00. The largest absolute Gasteiger partial charge is 0.315 e. The summed E-state index contributed by atoms with van der Waals surface area (Å²) >= 11 is 2.15. The monoisotopic (exact) mass is 214 g/mol. The third kappa shape index (κ3) is 2.26. The molecule has 0 aliphatic carbocycles. The minimum absolute atomic E-state index is 0.816. The summed E-state index contributed by atoms with van der Waals surface area (Å²) in [4.78, 5) is 2.73. The number of thioether (sulfide) groups is 1. The van der Waals surface area contributed by atoms with Crippen LogP contribution in [0, 0.1) is 0 Å². The van der Waals surface area contributed by atoms with Crippen molar-refractivity contribution in [2.45, 2.75) is 44.0 Å². The number of rotatable bonds is 3. The van der Waals surface area contributed by atoms with E-state index in [1.165, 1.54) is 38.2 Å². The zero-order valence-electron chi connectivity index (χ0n) is 9.33. The van der Waals surface area contributed by atoms with Crippen LogP contribution in [-0.4, -0.2) is 47.6 Å². The van der Waals surface area contributed by atoms with Crippen LogP contribution in [0.2, 0.25) is 0 Å². The van der Waals surface area contributed by atoms with Crippen LogP contribution in [0.3, 0.4) is 0 Å². The van der Waals surface area contributed by atoms with Crippen molar-refractivity contribution in [2.75, 3.05) is 25.4 Å². The smallest absolute Gasteiger partial charge is 0.0235 e. The quantitative estimate of drug-likeness (QED) is 0.767. The number of hydrogen-bond acceptors (Lipinski definition) is 3. The molecule has 82 valence electrons. The Bertz CT molecular complexity index is 180. The molecular weight excluding hydrogens is 192 g/mol. The standard InChI is InChI=1S/C11H22N2S/c1-3-13(10-4-5-12-7-10)11-6-9(2)14-8-11/h9-12H,3-8H2,1-2H3. The van der Waals surface area contributed by atoms with Crippen molar-refractivity contribution in [3.05, 3.63) is 0 Å². The molecule has 1 N–H and O–H groups in total. The molecule has 0 spiro atoms. The molecule has 3 unspecified atom stereocenters. The molecule has 2 heterocycles. The lowest BCUT2D eigenvalue weighted by molar-refractivity contribution is 0.162. The van der Waals surface area contributed by atoms with Gasteiger partial charge in [-0.25, -0.2) is 0 Å². The fraction of sp³-hybridized carbons (Fsp3) is 1.00. The average Bonchev–Trinajstić information content (AvgIpc) is 2.79. The van der Waals surface area contributed by atoms with E-state index in [4.69, 9.17) is 0 Å². The van der Waals surface area contributed by atoms with E-state index in [9.17, 15) is 0 Å². The fourth-order valence-electron chi connectivity index (χ4n) is 2.76. The molecule has 3 heteroatoms. The van der Waals surface area contributed by atoms with Crippen LogP contribution in [0.25, 0.3) is 0 Å². The number of nitrogens with zero attached hydrogens (tertiary/aromatic N) is 1. The second-order valence-electron chi connectivity index (χ2n) is 4.51. The maximum atomic E-state index is 3.47. The summed E-state index contributed by atoms with van der Waals surface area (Å²) in [5.74, 6) is 1.35. The van der Waals surface area contributed by atoms with Crippen molar-refractivity contribution in [3.63, 3.8) is 0 Å². The van der Waals surface area contributed by atoms with Crippen LogP contribution in [-0.2, 0) is 0 Å². The van der Waals surface area contributed by atoms with Gasteiger partial charge in [0.25, 0.3) is 0 Å². The van der Waals surface area contributed by atoms with Gasteiger partial charge in [0.2, 0.25) is 0 Å². The van der Waals surface area contributed by atoms with Gasteiger partial charge in [0, 0.05) is 29.6 Å². The summed E-state index contributed by atoms with van der Waals surface area (Å²) in [5, 5.41) is 4.35. The highest BCUT2D eigenvalue weighted by Crippen LogP contribution is 2.31. The van der Waals surface area contributed by atoms with E-state index in [2.05, 4.69) is 35.8 Å². The summed E-state index contributed by atoms with van der Waals surface area (Å²) in [5.41, 5.74) is 0. The molecule has 0 saturated carbocycles. The van der Waals surface area contributed by atoms with Crippen LogP contribution in [0.5, 0.6) is 0 Å². The summed E-state index contributed by atoms with van der Waals surface area (Å²) in [6.07, 6.45) is 2.75. The molecule has 2 nitrogen and oxygen atoms in total. The third-order valence-corrected chi connectivity index (χ3v) is 4.85. The number of likely N-dealkylation sites (N-methyl/N-ethyl adjacent to an activating group) is 1. The second kappa shape index (κ2) is 4.86. The van der Waals surface area contributed by atoms with E-state index in [0.29, 0.717) is 0 Å². The topological polar surface area (TPSA) is 15.3 Å². The van der Waals surface area contributed by atoms with Crippen molar-refractivity contribution in [1.29, 1.82) is 0 Å². The lowest BCUT2D eigenvalue weighted by Crippen LogP contribution is -2.44. The molecule has 2 saturated heterocycles. The second-order valence-corrected chi connectivity index (χ2v) is 5.98. The van der Waals surface area contributed by atoms with E-state index in [0.717, 1.165) is 17.3 Å². The summed E-state index contributed by atoms with van der Waals surface area (Å²) in [6.45, 7) is 8.33. The Morgan fingerprint density at radius 1 is 1.43 bits per heavy atom. The van der Waals surface area contributed by atoms with Gasteiger partial charge in [-0.2, -0.15) is 11.8 Å². The summed E-state index contributed by atoms with van der Waals surface area (Å²) < 4.78 is 0. The van der Waals surface area contributed by atoms with Crippen LogP contribution in [0.15, 0.2) is 0 Å². The van der Waals surface area contributed by atoms with E-state index >= 15 is 0 Å². The molecule has 0 aromatic rings. The molecule has 0 radical (unpaired) electrons. The minimum Gasteiger partial charge on any atom is -0.315 e. The van der Waals surface area contributed by atoms with Crippen molar-refractivity contribution in [1.82, 2.24) is 10.2 Å². The van der Waals surface area contributed by atoms with Crippen LogP contribution >= 0.6 is 11.8 Å². The first-order chi connectivity index (χ1) is 6.81.